The van der Waals surface area contributed by atoms with E-state index >= 15 is 0 Å². The molecule has 2 aromatic rings. The SMILES string of the molecule is CCCCNS(=O)(=O)c1ccc(NC(=O)c2ccccc2F)c(F)c1. The van der Waals surface area contributed by atoms with Crippen molar-refractivity contribution >= 4 is 21.6 Å². The van der Waals surface area contributed by atoms with Gasteiger partial charge in [-0.05, 0) is 36.8 Å². The lowest BCUT2D eigenvalue weighted by Gasteiger charge is -2.10. The zero-order valence-corrected chi connectivity index (χ0v) is 14.4. The Labute approximate surface area is 145 Å². The Hall–Kier alpha value is -2.32. The first-order valence-electron chi connectivity index (χ1n) is 7.70. The predicted molar refractivity (Wildman–Crippen MR) is 90.8 cm³/mol. The van der Waals surface area contributed by atoms with E-state index in [-0.39, 0.29) is 22.7 Å². The Morgan fingerprint density at radius 2 is 1.80 bits per heavy atom. The lowest BCUT2D eigenvalue weighted by molar-refractivity contribution is 0.102. The van der Waals surface area contributed by atoms with Crippen molar-refractivity contribution in [2.75, 3.05) is 11.9 Å². The second-order valence-electron chi connectivity index (χ2n) is 5.33. The van der Waals surface area contributed by atoms with E-state index in [9.17, 15) is 22.0 Å². The summed E-state index contributed by atoms with van der Waals surface area (Å²) in [5.74, 6) is -2.49. The molecule has 0 bridgehead atoms. The Morgan fingerprint density at radius 3 is 2.44 bits per heavy atom. The number of halogens is 2. The van der Waals surface area contributed by atoms with Gasteiger partial charge in [0.05, 0.1) is 16.1 Å². The third-order valence-electron chi connectivity index (χ3n) is 3.44. The van der Waals surface area contributed by atoms with Gasteiger partial charge in [0.15, 0.2) is 0 Å². The first kappa shape index (κ1) is 19.0. The molecule has 25 heavy (non-hydrogen) atoms. The van der Waals surface area contributed by atoms with Gasteiger partial charge in [0, 0.05) is 6.54 Å². The van der Waals surface area contributed by atoms with Crippen LogP contribution in [0, 0.1) is 11.6 Å². The molecular formula is C17H18F2N2O3S. The number of sulfonamides is 1. The minimum absolute atomic E-state index is 0.235. The van der Waals surface area contributed by atoms with Crippen LogP contribution in [0.1, 0.15) is 30.1 Å². The number of rotatable bonds is 7. The van der Waals surface area contributed by atoms with Crippen molar-refractivity contribution in [1.82, 2.24) is 4.72 Å². The third kappa shape index (κ3) is 4.83. The highest BCUT2D eigenvalue weighted by Gasteiger charge is 2.18. The van der Waals surface area contributed by atoms with Crippen LogP contribution in [0.2, 0.25) is 0 Å². The predicted octanol–water partition coefficient (Wildman–Crippen LogP) is 3.30. The Bertz CT molecular complexity index is 870. The molecule has 0 aromatic heterocycles. The molecule has 5 nitrogen and oxygen atoms in total. The van der Waals surface area contributed by atoms with Gasteiger partial charge < -0.3 is 5.32 Å². The highest BCUT2D eigenvalue weighted by molar-refractivity contribution is 7.89. The average molecular weight is 368 g/mol. The summed E-state index contributed by atoms with van der Waals surface area (Å²) >= 11 is 0. The van der Waals surface area contributed by atoms with E-state index in [4.69, 9.17) is 0 Å². The average Bonchev–Trinajstić information content (AvgIpc) is 2.57. The highest BCUT2D eigenvalue weighted by Crippen LogP contribution is 2.20. The molecule has 1 amide bonds. The van der Waals surface area contributed by atoms with Gasteiger partial charge in [-0.25, -0.2) is 21.9 Å². The van der Waals surface area contributed by atoms with Crippen LogP contribution in [-0.4, -0.2) is 20.9 Å². The van der Waals surface area contributed by atoms with E-state index in [0.29, 0.717) is 6.42 Å². The van der Waals surface area contributed by atoms with Crippen LogP contribution in [0.4, 0.5) is 14.5 Å². The molecule has 2 aromatic carbocycles. The van der Waals surface area contributed by atoms with Crippen LogP contribution < -0.4 is 10.0 Å². The lowest BCUT2D eigenvalue weighted by atomic mass is 10.2. The van der Waals surface area contributed by atoms with Crippen LogP contribution in [0.25, 0.3) is 0 Å². The van der Waals surface area contributed by atoms with Crippen LogP contribution in [0.15, 0.2) is 47.4 Å². The molecule has 2 rings (SSSR count). The van der Waals surface area contributed by atoms with Gasteiger partial charge >= 0.3 is 0 Å². The molecule has 0 aliphatic heterocycles. The van der Waals surface area contributed by atoms with E-state index in [2.05, 4.69) is 10.0 Å². The molecule has 0 unspecified atom stereocenters. The molecule has 0 heterocycles. The molecular weight excluding hydrogens is 350 g/mol. The fraction of sp³-hybridized carbons (Fsp3) is 0.235. The van der Waals surface area contributed by atoms with Gasteiger partial charge in [-0.3, -0.25) is 4.79 Å². The summed E-state index contributed by atoms with van der Waals surface area (Å²) in [5.41, 5.74) is -0.472. The van der Waals surface area contributed by atoms with Gasteiger partial charge in [0.1, 0.15) is 11.6 Å². The number of carbonyl (C=O) groups excluding carboxylic acids is 1. The smallest absolute Gasteiger partial charge is 0.258 e. The Morgan fingerprint density at radius 1 is 1.08 bits per heavy atom. The first-order chi connectivity index (χ1) is 11.8. The van der Waals surface area contributed by atoms with E-state index in [1.165, 1.54) is 24.3 Å². The van der Waals surface area contributed by atoms with Crippen molar-refractivity contribution in [1.29, 1.82) is 0 Å². The molecule has 2 N–H and O–H groups in total. The fourth-order valence-electron chi connectivity index (χ4n) is 2.07. The van der Waals surface area contributed by atoms with Crippen LogP contribution >= 0.6 is 0 Å². The molecule has 0 aliphatic rings. The molecule has 0 spiro atoms. The summed E-state index contributed by atoms with van der Waals surface area (Å²) in [7, 11) is -3.82. The standard InChI is InChI=1S/C17H18F2N2O3S/c1-2-3-10-20-25(23,24)12-8-9-16(15(19)11-12)21-17(22)13-6-4-5-7-14(13)18/h4-9,11,20H,2-3,10H2,1H3,(H,21,22). The minimum Gasteiger partial charge on any atom is -0.319 e. The van der Waals surface area contributed by atoms with Crippen molar-refractivity contribution in [3.05, 3.63) is 59.7 Å². The number of benzene rings is 2. The number of anilines is 1. The number of carbonyl (C=O) groups is 1. The van der Waals surface area contributed by atoms with Crippen molar-refractivity contribution in [2.45, 2.75) is 24.7 Å². The second kappa shape index (κ2) is 8.17. The van der Waals surface area contributed by atoms with Crippen LogP contribution in [-0.2, 0) is 10.0 Å². The number of amides is 1. The van der Waals surface area contributed by atoms with E-state index in [0.717, 1.165) is 24.6 Å². The summed E-state index contributed by atoms with van der Waals surface area (Å²) in [6, 6.07) is 8.40. The van der Waals surface area contributed by atoms with E-state index in [1.54, 1.807) is 0 Å². The van der Waals surface area contributed by atoms with Gasteiger partial charge in [-0.1, -0.05) is 25.5 Å². The Kier molecular flexibility index (Phi) is 6.22. The van der Waals surface area contributed by atoms with Crippen molar-refractivity contribution < 1.29 is 22.0 Å². The monoisotopic (exact) mass is 368 g/mol. The van der Waals surface area contributed by atoms with Crippen LogP contribution in [0.5, 0.6) is 0 Å². The molecule has 0 aliphatic carbocycles. The highest BCUT2D eigenvalue weighted by atomic mass is 32.2. The van der Waals surface area contributed by atoms with Gasteiger partial charge in [-0.2, -0.15) is 0 Å². The van der Waals surface area contributed by atoms with E-state index < -0.39 is 27.6 Å². The number of hydrogen-bond acceptors (Lipinski definition) is 3. The molecule has 8 heteroatoms. The van der Waals surface area contributed by atoms with E-state index in [1.807, 2.05) is 6.92 Å². The first-order valence-corrected chi connectivity index (χ1v) is 9.18. The Balaban J connectivity index is 2.17. The maximum atomic E-state index is 14.1. The number of hydrogen-bond donors (Lipinski definition) is 2. The minimum atomic E-state index is -3.82. The van der Waals surface area contributed by atoms with Crippen LogP contribution in [0.3, 0.4) is 0 Å². The van der Waals surface area contributed by atoms with Crippen molar-refractivity contribution in [3.8, 4) is 0 Å². The second-order valence-corrected chi connectivity index (χ2v) is 7.09. The number of nitrogens with one attached hydrogen (secondary N) is 2. The molecule has 0 radical (unpaired) electrons. The zero-order valence-electron chi connectivity index (χ0n) is 13.6. The molecule has 0 fully saturated rings. The lowest BCUT2D eigenvalue weighted by Crippen LogP contribution is -2.25. The van der Waals surface area contributed by atoms with Crippen molar-refractivity contribution in [3.63, 3.8) is 0 Å². The summed E-state index contributed by atoms with van der Waals surface area (Å²) in [5, 5.41) is 2.23. The maximum absolute atomic E-state index is 14.1. The number of unbranched alkanes of at least 4 members (excludes halogenated alkanes) is 1. The quantitative estimate of drug-likeness (QED) is 0.737. The zero-order chi connectivity index (χ0) is 18.4. The summed E-state index contributed by atoms with van der Waals surface area (Å²) in [6.45, 7) is 2.17. The normalized spacial score (nSPS) is 11.3. The molecule has 134 valence electrons. The topological polar surface area (TPSA) is 75.3 Å². The third-order valence-corrected chi connectivity index (χ3v) is 4.90. The van der Waals surface area contributed by atoms with Crippen molar-refractivity contribution in [2.24, 2.45) is 0 Å². The maximum Gasteiger partial charge on any atom is 0.258 e. The summed E-state index contributed by atoms with van der Waals surface area (Å²) < 4.78 is 54.2. The van der Waals surface area contributed by atoms with Gasteiger partial charge in [0.2, 0.25) is 10.0 Å². The fourth-order valence-corrected chi connectivity index (χ4v) is 3.15. The molecule has 0 atom stereocenters. The van der Waals surface area contributed by atoms with Gasteiger partial charge in [0.25, 0.3) is 5.91 Å². The molecule has 0 saturated heterocycles. The van der Waals surface area contributed by atoms with Gasteiger partial charge in [-0.15, -0.1) is 0 Å². The molecule has 0 saturated carbocycles. The largest absolute Gasteiger partial charge is 0.319 e. The summed E-state index contributed by atoms with van der Waals surface area (Å²) in [4.78, 5) is 11.7. The summed E-state index contributed by atoms with van der Waals surface area (Å²) in [6.07, 6.45) is 1.48.